The van der Waals surface area contributed by atoms with Crippen molar-refractivity contribution in [2.24, 2.45) is 0 Å². The van der Waals surface area contributed by atoms with Crippen molar-refractivity contribution in [1.82, 2.24) is 0 Å². The largest absolute Gasteiger partial charge is 0.497 e. The summed E-state index contributed by atoms with van der Waals surface area (Å²) >= 11 is 0. The van der Waals surface area contributed by atoms with Crippen molar-refractivity contribution in [3.63, 3.8) is 0 Å². The first-order valence-corrected chi connectivity index (χ1v) is 4.70. The molecule has 16 heavy (non-hydrogen) atoms. The summed E-state index contributed by atoms with van der Waals surface area (Å²) in [4.78, 5) is 0. The lowest BCUT2D eigenvalue weighted by Gasteiger charge is -2.17. The summed E-state index contributed by atoms with van der Waals surface area (Å²) in [5, 5.41) is 0. The van der Waals surface area contributed by atoms with Crippen LogP contribution in [0.25, 0.3) is 0 Å². The minimum absolute atomic E-state index is 0.487. The highest BCUT2D eigenvalue weighted by Crippen LogP contribution is 2.32. The minimum Gasteiger partial charge on any atom is -0.497 e. The summed E-state index contributed by atoms with van der Waals surface area (Å²) < 4.78 is 46.4. The maximum atomic E-state index is 12.2. The van der Waals surface area contributed by atoms with Gasteiger partial charge < -0.3 is 9.47 Å². The van der Waals surface area contributed by atoms with Crippen molar-refractivity contribution in [2.75, 3.05) is 14.2 Å². The molecule has 0 aliphatic carbocycles. The van der Waals surface area contributed by atoms with Gasteiger partial charge in [0.15, 0.2) is 0 Å². The Morgan fingerprint density at radius 1 is 1.12 bits per heavy atom. The lowest BCUT2D eigenvalue weighted by Crippen LogP contribution is -2.15. The number of benzene rings is 1. The predicted molar refractivity (Wildman–Crippen MR) is 53.4 cm³/mol. The van der Waals surface area contributed by atoms with Crippen LogP contribution in [-0.2, 0) is 4.74 Å². The topological polar surface area (TPSA) is 18.5 Å². The van der Waals surface area contributed by atoms with Crippen LogP contribution in [0.5, 0.6) is 5.75 Å². The van der Waals surface area contributed by atoms with E-state index < -0.39 is 18.7 Å². The second-order valence-corrected chi connectivity index (χ2v) is 3.32. The van der Waals surface area contributed by atoms with Crippen molar-refractivity contribution in [3.05, 3.63) is 29.8 Å². The van der Waals surface area contributed by atoms with Crippen molar-refractivity contribution >= 4 is 0 Å². The summed E-state index contributed by atoms with van der Waals surface area (Å²) in [6.45, 7) is 0. The smallest absolute Gasteiger partial charge is 0.391 e. The van der Waals surface area contributed by atoms with Gasteiger partial charge in [0, 0.05) is 7.11 Å². The molecule has 0 aliphatic rings. The van der Waals surface area contributed by atoms with Gasteiger partial charge in [0.2, 0.25) is 0 Å². The Kier molecular flexibility index (Phi) is 4.18. The predicted octanol–water partition coefficient (Wildman–Crippen LogP) is 3.34. The summed E-state index contributed by atoms with van der Waals surface area (Å²) in [5.74, 6) is 0.602. The quantitative estimate of drug-likeness (QED) is 0.795. The summed E-state index contributed by atoms with van der Waals surface area (Å²) in [6, 6.07) is 6.35. The van der Waals surface area contributed by atoms with Crippen LogP contribution in [0.1, 0.15) is 18.1 Å². The molecule has 1 unspecified atom stereocenters. The third-order valence-corrected chi connectivity index (χ3v) is 2.19. The molecule has 1 aromatic carbocycles. The maximum Gasteiger partial charge on any atom is 0.391 e. The van der Waals surface area contributed by atoms with Crippen LogP contribution >= 0.6 is 0 Å². The van der Waals surface area contributed by atoms with Crippen LogP contribution in [0.3, 0.4) is 0 Å². The van der Waals surface area contributed by atoms with Gasteiger partial charge in [-0.25, -0.2) is 0 Å². The lowest BCUT2D eigenvalue weighted by molar-refractivity contribution is -0.158. The Morgan fingerprint density at radius 3 is 2.06 bits per heavy atom. The molecular formula is C11H13F3O2. The molecule has 5 heteroatoms. The highest BCUT2D eigenvalue weighted by atomic mass is 19.4. The second kappa shape index (κ2) is 5.21. The Morgan fingerprint density at radius 2 is 1.69 bits per heavy atom. The first-order valence-electron chi connectivity index (χ1n) is 4.70. The average Bonchev–Trinajstić information content (AvgIpc) is 2.25. The van der Waals surface area contributed by atoms with E-state index in [9.17, 15) is 13.2 Å². The summed E-state index contributed by atoms with van der Waals surface area (Å²) in [5.41, 5.74) is 0.487. The molecule has 0 aromatic heterocycles. The van der Waals surface area contributed by atoms with Crippen molar-refractivity contribution in [1.29, 1.82) is 0 Å². The van der Waals surface area contributed by atoms with E-state index in [2.05, 4.69) is 0 Å². The van der Waals surface area contributed by atoms with E-state index in [-0.39, 0.29) is 0 Å². The Hall–Kier alpha value is -1.23. The van der Waals surface area contributed by atoms with Crippen LogP contribution in [0.4, 0.5) is 13.2 Å². The fourth-order valence-electron chi connectivity index (χ4n) is 1.37. The minimum atomic E-state index is -4.24. The molecular weight excluding hydrogens is 221 g/mol. The molecule has 0 saturated carbocycles. The molecule has 2 nitrogen and oxygen atoms in total. The molecule has 0 heterocycles. The summed E-state index contributed by atoms with van der Waals surface area (Å²) in [6.07, 6.45) is -6.19. The van der Waals surface area contributed by atoms with E-state index in [1.165, 1.54) is 14.2 Å². The molecule has 0 amide bonds. The number of hydrogen-bond donors (Lipinski definition) is 0. The first kappa shape index (κ1) is 12.8. The number of halogens is 3. The van der Waals surface area contributed by atoms with Gasteiger partial charge in [-0.3, -0.25) is 0 Å². The van der Waals surface area contributed by atoms with E-state index in [0.29, 0.717) is 11.3 Å². The van der Waals surface area contributed by atoms with Crippen LogP contribution in [0.15, 0.2) is 24.3 Å². The van der Waals surface area contributed by atoms with Gasteiger partial charge in [-0.15, -0.1) is 0 Å². The van der Waals surface area contributed by atoms with Crippen LogP contribution in [-0.4, -0.2) is 20.4 Å². The van der Waals surface area contributed by atoms with Gasteiger partial charge in [-0.05, 0) is 17.7 Å². The standard InChI is InChI=1S/C11H13F3O2/c1-15-9-5-3-8(4-6-9)10(16-2)7-11(12,13)14/h3-6,10H,7H2,1-2H3. The third kappa shape index (κ3) is 3.73. The molecule has 1 rings (SSSR count). The number of ether oxygens (including phenoxy) is 2. The van der Waals surface area contributed by atoms with Crippen molar-refractivity contribution in [3.8, 4) is 5.75 Å². The van der Waals surface area contributed by atoms with Gasteiger partial charge in [0.05, 0.1) is 19.6 Å². The van der Waals surface area contributed by atoms with Gasteiger partial charge in [0.25, 0.3) is 0 Å². The zero-order chi connectivity index (χ0) is 12.2. The molecule has 0 fully saturated rings. The van der Waals surface area contributed by atoms with Crippen molar-refractivity contribution in [2.45, 2.75) is 18.7 Å². The van der Waals surface area contributed by atoms with E-state index >= 15 is 0 Å². The second-order valence-electron chi connectivity index (χ2n) is 3.32. The molecule has 90 valence electrons. The van der Waals surface area contributed by atoms with E-state index in [1.807, 2.05) is 0 Å². The fraction of sp³-hybridized carbons (Fsp3) is 0.455. The summed E-state index contributed by atoms with van der Waals surface area (Å²) in [7, 11) is 2.76. The van der Waals surface area contributed by atoms with E-state index in [0.717, 1.165) is 0 Å². The van der Waals surface area contributed by atoms with Crippen LogP contribution < -0.4 is 4.74 Å². The van der Waals surface area contributed by atoms with Gasteiger partial charge in [-0.1, -0.05) is 12.1 Å². The maximum absolute atomic E-state index is 12.2. The molecule has 1 aromatic rings. The van der Waals surface area contributed by atoms with Crippen LogP contribution in [0, 0.1) is 0 Å². The zero-order valence-corrected chi connectivity index (χ0v) is 9.04. The number of rotatable bonds is 4. The third-order valence-electron chi connectivity index (χ3n) is 2.19. The zero-order valence-electron chi connectivity index (χ0n) is 9.04. The normalized spacial score (nSPS) is 13.6. The number of alkyl halides is 3. The van der Waals surface area contributed by atoms with E-state index in [1.54, 1.807) is 24.3 Å². The molecule has 1 atom stereocenters. The Labute approximate surface area is 92.0 Å². The molecule has 0 aliphatic heterocycles. The highest BCUT2D eigenvalue weighted by molar-refractivity contribution is 5.28. The molecule has 0 bridgehead atoms. The highest BCUT2D eigenvalue weighted by Gasteiger charge is 2.32. The van der Waals surface area contributed by atoms with Crippen molar-refractivity contribution < 1.29 is 22.6 Å². The van der Waals surface area contributed by atoms with Gasteiger partial charge in [0.1, 0.15) is 5.75 Å². The Balaban J connectivity index is 2.79. The molecule has 0 N–H and O–H groups in total. The number of methoxy groups -OCH3 is 2. The first-order chi connectivity index (χ1) is 7.46. The van der Waals surface area contributed by atoms with Gasteiger partial charge in [-0.2, -0.15) is 13.2 Å². The van der Waals surface area contributed by atoms with Crippen LogP contribution in [0.2, 0.25) is 0 Å². The fourth-order valence-corrected chi connectivity index (χ4v) is 1.37. The SMILES string of the molecule is COc1ccc(C(CC(F)(F)F)OC)cc1. The molecule has 0 radical (unpaired) electrons. The Bertz CT molecular complexity index is 319. The van der Waals surface area contributed by atoms with E-state index in [4.69, 9.17) is 9.47 Å². The monoisotopic (exact) mass is 234 g/mol. The molecule has 0 saturated heterocycles. The molecule has 0 spiro atoms. The average molecular weight is 234 g/mol. The lowest BCUT2D eigenvalue weighted by atomic mass is 10.1. The number of hydrogen-bond acceptors (Lipinski definition) is 2. The van der Waals surface area contributed by atoms with Gasteiger partial charge >= 0.3 is 6.18 Å².